The Balaban J connectivity index is 1.25. The minimum absolute atomic E-state index is 0.128. The Labute approximate surface area is 209 Å². The molecular formula is C28H26N4O4. The predicted molar refractivity (Wildman–Crippen MR) is 135 cm³/mol. The largest absolute Gasteiger partial charge is 0.457 e. The second-order valence-corrected chi connectivity index (χ2v) is 8.86. The van der Waals surface area contributed by atoms with Crippen LogP contribution in [0.15, 0.2) is 90.1 Å². The van der Waals surface area contributed by atoms with Crippen LogP contribution in [0.2, 0.25) is 0 Å². The first kappa shape index (κ1) is 23.2. The zero-order valence-corrected chi connectivity index (χ0v) is 20.0. The lowest BCUT2D eigenvalue weighted by molar-refractivity contribution is -0.130. The number of ether oxygens (including phenoxy) is 1. The van der Waals surface area contributed by atoms with E-state index in [2.05, 4.69) is 10.6 Å². The number of nitrogens with zero attached hydrogens (tertiary/aromatic N) is 2. The highest BCUT2D eigenvalue weighted by atomic mass is 16.5. The van der Waals surface area contributed by atoms with Crippen molar-refractivity contribution in [3.8, 4) is 11.5 Å². The Hall–Kier alpha value is -4.59. The molecule has 2 aliphatic rings. The fourth-order valence-electron chi connectivity index (χ4n) is 4.36. The number of nitrogens with one attached hydrogen (secondary N) is 2. The molecule has 4 amide bonds. The van der Waals surface area contributed by atoms with Gasteiger partial charge in [-0.1, -0.05) is 48.0 Å². The van der Waals surface area contributed by atoms with Crippen LogP contribution < -0.4 is 15.4 Å². The van der Waals surface area contributed by atoms with Crippen LogP contribution in [-0.4, -0.2) is 47.8 Å². The third-order valence-electron chi connectivity index (χ3n) is 6.30. The van der Waals surface area contributed by atoms with E-state index in [0.717, 1.165) is 16.9 Å². The molecule has 3 aromatic rings. The molecule has 36 heavy (non-hydrogen) atoms. The summed E-state index contributed by atoms with van der Waals surface area (Å²) in [6, 6.07) is 23.3. The average molecular weight is 483 g/mol. The number of hydrogen-bond acceptors (Lipinski definition) is 4. The Morgan fingerprint density at radius 2 is 1.64 bits per heavy atom. The predicted octanol–water partition coefficient (Wildman–Crippen LogP) is 4.22. The van der Waals surface area contributed by atoms with Gasteiger partial charge in [0.15, 0.2) is 0 Å². The molecule has 8 heteroatoms. The molecule has 3 aromatic carbocycles. The van der Waals surface area contributed by atoms with Gasteiger partial charge in [-0.3, -0.25) is 14.5 Å². The van der Waals surface area contributed by atoms with Gasteiger partial charge in [0, 0.05) is 12.7 Å². The fraction of sp³-hybridized carbons (Fsp3) is 0.179. The molecule has 0 fully saturated rings. The molecule has 182 valence electrons. The molecule has 0 saturated carbocycles. The summed E-state index contributed by atoms with van der Waals surface area (Å²) in [4.78, 5) is 41.6. The standard InChI is InChI=1S/C28H26N4O4/c1-18-8-10-19(11-9-18)26-25-23(31(2)28(35)30-26)16-32(27(25)34)17-24(33)29-20-12-14-22(15-13-20)36-21-6-4-3-5-7-21/h3-15,26H,16-17H2,1-2H3,(H,29,33)(H,30,35). The van der Waals surface area contributed by atoms with Gasteiger partial charge in [0.1, 0.15) is 18.0 Å². The summed E-state index contributed by atoms with van der Waals surface area (Å²) in [5, 5.41) is 5.74. The van der Waals surface area contributed by atoms with Crippen LogP contribution in [0.25, 0.3) is 0 Å². The average Bonchev–Trinajstić information content (AvgIpc) is 3.20. The van der Waals surface area contributed by atoms with Crippen LogP contribution in [0.1, 0.15) is 17.2 Å². The Bertz CT molecular complexity index is 1330. The summed E-state index contributed by atoms with van der Waals surface area (Å²) in [6.07, 6.45) is 0. The van der Waals surface area contributed by atoms with Crippen LogP contribution in [0, 0.1) is 6.92 Å². The second-order valence-electron chi connectivity index (χ2n) is 8.86. The van der Waals surface area contributed by atoms with E-state index in [1.807, 2.05) is 61.5 Å². The van der Waals surface area contributed by atoms with E-state index in [9.17, 15) is 14.4 Å². The molecule has 1 unspecified atom stereocenters. The van der Waals surface area contributed by atoms with Gasteiger partial charge >= 0.3 is 6.03 Å². The van der Waals surface area contributed by atoms with Gasteiger partial charge in [0.05, 0.1) is 23.9 Å². The lowest BCUT2D eigenvalue weighted by Crippen LogP contribution is -2.45. The van der Waals surface area contributed by atoms with Crippen LogP contribution in [-0.2, 0) is 9.59 Å². The Kier molecular flexibility index (Phi) is 6.16. The maximum absolute atomic E-state index is 13.3. The molecule has 2 aliphatic heterocycles. The first-order valence-corrected chi connectivity index (χ1v) is 11.6. The van der Waals surface area contributed by atoms with E-state index >= 15 is 0 Å². The third kappa shape index (κ3) is 4.65. The number of amides is 4. The first-order valence-electron chi connectivity index (χ1n) is 11.6. The molecular weight excluding hydrogens is 456 g/mol. The van der Waals surface area contributed by atoms with Gasteiger partial charge in [0.25, 0.3) is 5.91 Å². The zero-order chi connectivity index (χ0) is 25.2. The Morgan fingerprint density at radius 3 is 2.33 bits per heavy atom. The van der Waals surface area contributed by atoms with E-state index in [4.69, 9.17) is 4.74 Å². The SMILES string of the molecule is Cc1ccc(C2NC(=O)N(C)C3=C2C(=O)N(CC(=O)Nc2ccc(Oc4ccccc4)cc2)C3)cc1. The van der Waals surface area contributed by atoms with E-state index in [1.54, 1.807) is 31.3 Å². The Morgan fingerprint density at radius 1 is 0.972 bits per heavy atom. The zero-order valence-electron chi connectivity index (χ0n) is 20.0. The van der Waals surface area contributed by atoms with Crippen molar-refractivity contribution in [2.75, 3.05) is 25.5 Å². The molecule has 2 N–H and O–H groups in total. The number of aryl methyl sites for hydroxylation is 1. The van der Waals surface area contributed by atoms with E-state index < -0.39 is 6.04 Å². The van der Waals surface area contributed by atoms with Crippen molar-refractivity contribution in [1.82, 2.24) is 15.1 Å². The summed E-state index contributed by atoms with van der Waals surface area (Å²) >= 11 is 0. The third-order valence-corrected chi connectivity index (χ3v) is 6.30. The number of carbonyl (C=O) groups is 3. The van der Waals surface area contributed by atoms with Gasteiger partial charge in [-0.25, -0.2) is 4.79 Å². The van der Waals surface area contributed by atoms with E-state index in [0.29, 0.717) is 22.7 Å². The normalized spacial score (nSPS) is 17.1. The summed E-state index contributed by atoms with van der Waals surface area (Å²) < 4.78 is 5.78. The minimum Gasteiger partial charge on any atom is -0.457 e. The number of likely N-dealkylation sites (N-methyl/N-ethyl adjacent to an activating group) is 1. The summed E-state index contributed by atoms with van der Waals surface area (Å²) in [6.45, 7) is 2.04. The summed E-state index contributed by atoms with van der Waals surface area (Å²) in [5.41, 5.74) is 3.62. The monoisotopic (exact) mass is 482 g/mol. The van der Waals surface area contributed by atoms with Gasteiger partial charge in [-0.2, -0.15) is 0 Å². The molecule has 0 bridgehead atoms. The van der Waals surface area contributed by atoms with E-state index in [1.165, 1.54) is 9.80 Å². The fourth-order valence-corrected chi connectivity index (χ4v) is 4.36. The lowest BCUT2D eigenvalue weighted by Gasteiger charge is -2.31. The van der Waals surface area contributed by atoms with Crippen LogP contribution in [0.3, 0.4) is 0 Å². The highest BCUT2D eigenvalue weighted by Gasteiger charge is 2.43. The molecule has 1 atom stereocenters. The number of urea groups is 1. The molecule has 2 heterocycles. The summed E-state index contributed by atoms with van der Waals surface area (Å²) in [5.74, 6) is 0.784. The molecule has 0 radical (unpaired) electrons. The highest BCUT2D eigenvalue weighted by Crippen LogP contribution is 2.35. The van der Waals surface area contributed by atoms with Crippen molar-refractivity contribution in [3.63, 3.8) is 0 Å². The minimum atomic E-state index is -0.554. The second kappa shape index (κ2) is 9.58. The van der Waals surface area contributed by atoms with Crippen molar-refractivity contribution in [2.45, 2.75) is 13.0 Å². The topological polar surface area (TPSA) is 91.0 Å². The van der Waals surface area contributed by atoms with Crippen molar-refractivity contribution in [3.05, 3.63) is 101 Å². The highest BCUT2D eigenvalue weighted by molar-refractivity contribution is 6.04. The smallest absolute Gasteiger partial charge is 0.322 e. The van der Waals surface area contributed by atoms with Crippen LogP contribution >= 0.6 is 0 Å². The number of anilines is 1. The van der Waals surface area contributed by atoms with Crippen molar-refractivity contribution < 1.29 is 19.1 Å². The summed E-state index contributed by atoms with van der Waals surface area (Å²) in [7, 11) is 1.63. The van der Waals surface area contributed by atoms with Gasteiger partial charge in [0.2, 0.25) is 5.91 Å². The van der Waals surface area contributed by atoms with Crippen molar-refractivity contribution in [1.29, 1.82) is 0 Å². The molecule has 0 spiro atoms. The van der Waals surface area contributed by atoms with Crippen molar-refractivity contribution in [2.24, 2.45) is 0 Å². The number of benzene rings is 3. The number of hydrogen-bond donors (Lipinski definition) is 2. The lowest BCUT2D eigenvalue weighted by atomic mass is 9.95. The van der Waals surface area contributed by atoms with Crippen molar-refractivity contribution >= 4 is 23.5 Å². The van der Waals surface area contributed by atoms with Crippen LogP contribution in [0.4, 0.5) is 10.5 Å². The number of rotatable bonds is 6. The molecule has 0 saturated heterocycles. The number of para-hydroxylation sites is 1. The number of carbonyl (C=O) groups excluding carboxylic acids is 3. The molecule has 5 rings (SSSR count). The maximum Gasteiger partial charge on any atom is 0.322 e. The molecule has 0 aromatic heterocycles. The molecule has 8 nitrogen and oxygen atoms in total. The van der Waals surface area contributed by atoms with Gasteiger partial charge in [-0.15, -0.1) is 0 Å². The molecule has 0 aliphatic carbocycles. The van der Waals surface area contributed by atoms with E-state index in [-0.39, 0.29) is 30.9 Å². The van der Waals surface area contributed by atoms with Gasteiger partial charge in [-0.05, 0) is 48.9 Å². The quantitative estimate of drug-likeness (QED) is 0.551. The first-order chi connectivity index (χ1) is 17.4. The maximum atomic E-state index is 13.3. The van der Waals surface area contributed by atoms with Crippen LogP contribution in [0.5, 0.6) is 11.5 Å². The van der Waals surface area contributed by atoms with Gasteiger partial charge < -0.3 is 20.3 Å².